The Morgan fingerprint density at radius 1 is 1.29 bits per heavy atom. The van der Waals surface area contributed by atoms with Gasteiger partial charge in [-0.25, -0.2) is 4.79 Å². The second-order valence-electron chi connectivity index (χ2n) is 6.50. The first kappa shape index (κ1) is 15.4. The molecule has 2 rings (SSSR count). The van der Waals surface area contributed by atoms with Crippen LogP contribution in [-0.4, -0.2) is 30.6 Å². The molecule has 1 aromatic carbocycles. The smallest absolute Gasteiger partial charge is 0.315 e. The minimum absolute atomic E-state index is 0.115. The van der Waals surface area contributed by atoms with Crippen molar-refractivity contribution in [2.24, 2.45) is 5.92 Å². The number of carbonyl (C=O) groups excluding carboxylic acids is 2. The predicted octanol–water partition coefficient (Wildman–Crippen LogP) is 2.14. The largest absolute Gasteiger partial charge is 0.338 e. The fourth-order valence-electron chi connectivity index (χ4n) is 2.40. The van der Waals surface area contributed by atoms with E-state index in [0.717, 1.165) is 5.69 Å². The van der Waals surface area contributed by atoms with Gasteiger partial charge in [0.1, 0.15) is 0 Å². The number of para-hydroxylation sites is 1. The molecule has 0 aliphatic carbocycles. The molecule has 114 valence electrons. The van der Waals surface area contributed by atoms with Crippen LogP contribution in [0.3, 0.4) is 0 Å². The van der Waals surface area contributed by atoms with E-state index in [2.05, 4.69) is 10.6 Å². The fraction of sp³-hybridized carbons (Fsp3) is 0.500. The molecule has 1 aliphatic heterocycles. The topological polar surface area (TPSA) is 61.4 Å². The van der Waals surface area contributed by atoms with Gasteiger partial charge in [0.2, 0.25) is 5.91 Å². The van der Waals surface area contributed by atoms with Gasteiger partial charge in [-0.2, -0.15) is 0 Å². The van der Waals surface area contributed by atoms with Crippen molar-refractivity contribution in [1.82, 2.24) is 10.6 Å². The second kappa shape index (κ2) is 6.16. The third-order valence-electron chi connectivity index (χ3n) is 3.31. The quantitative estimate of drug-likeness (QED) is 0.895. The molecule has 5 nitrogen and oxygen atoms in total. The maximum absolute atomic E-state index is 12.1. The highest BCUT2D eigenvalue weighted by Crippen LogP contribution is 2.24. The molecule has 0 radical (unpaired) electrons. The number of urea groups is 1. The molecule has 1 fully saturated rings. The van der Waals surface area contributed by atoms with Crippen LogP contribution in [0.15, 0.2) is 30.3 Å². The van der Waals surface area contributed by atoms with Gasteiger partial charge in [-0.15, -0.1) is 0 Å². The number of nitrogens with one attached hydrogen (secondary N) is 2. The molecule has 0 spiro atoms. The minimum atomic E-state index is -0.258. The highest BCUT2D eigenvalue weighted by Gasteiger charge is 2.30. The maximum Gasteiger partial charge on any atom is 0.315 e. The zero-order chi connectivity index (χ0) is 15.5. The molecule has 5 heteroatoms. The monoisotopic (exact) mass is 289 g/mol. The van der Waals surface area contributed by atoms with Gasteiger partial charge in [0.15, 0.2) is 0 Å². The number of anilines is 1. The molecule has 0 aromatic heterocycles. The second-order valence-corrected chi connectivity index (χ2v) is 6.50. The van der Waals surface area contributed by atoms with Gasteiger partial charge in [-0.1, -0.05) is 18.2 Å². The molecule has 1 atom stereocenters. The molecule has 1 aromatic rings. The van der Waals surface area contributed by atoms with Crippen molar-refractivity contribution in [2.45, 2.75) is 32.7 Å². The van der Waals surface area contributed by atoms with Crippen LogP contribution in [-0.2, 0) is 4.79 Å². The van der Waals surface area contributed by atoms with Crippen LogP contribution in [0, 0.1) is 5.92 Å². The molecule has 2 N–H and O–H groups in total. The van der Waals surface area contributed by atoms with Crippen LogP contribution < -0.4 is 15.5 Å². The van der Waals surface area contributed by atoms with Gasteiger partial charge in [0.25, 0.3) is 0 Å². The summed E-state index contributed by atoms with van der Waals surface area (Å²) in [6.45, 7) is 6.96. The lowest BCUT2D eigenvalue weighted by molar-refractivity contribution is -0.117. The summed E-state index contributed by atoms with van der Waals surface area (Å²) < 4.78 is 0. The van der Waals surface area contributed by atoms with Crippen molar-refractivity contribution >= 4 is 17.6 Å². The van der Waals surface area contributed by atoms with Crippen molar-refractivity contribution < 1.29 is 9.59 Å². The summed E-state index contributed by atoms with van der Waals surface area (Å²) >= 11 is 0. The number of hydrogen-bond acceptors (Lipinski definition) is 2. The zero-order valence-electron chi connectivity index (χ0n) is 12.8. The summed E-state index contributed by atoms with van der Waals surface area (Å²) in [5, 5.41) is 5.69. The lowest BCUT2D eigenvalue weighted by Crippen LogP contribution is -2.47. The van der Waals surface area contributed by atoms with E-state index in [-0.39, 0.29) is 23.4 Å². The van der Waals surface area contributed by atoms with Crippen LogP contribution in [0.4, 0.5) is 10.5 Å². The molecule has 3 amide bonds. The Labute approximate surface area is 125 Å². The number of hydrogen-bond donors (Lipinski definition) is 2. The van der Waals surface area contributed by atoms with Gasteiger partial charge in [-0.3, -0.25) is 4.79 Å². The van der Waals surface area contributed by atoms with E-state index in [4.69, 9.17) is 0 Å². The predicted molar refractivity (Wildman–Crippen MR) is 83.2 cm³/mol. The molecule has 0 bridgehead atoms. The summed E-state index contributed by atoms with van der Waals surface area (Å²) in [6, 6.07) is 9.45. The molecular formula is C16H23N3O2. The lowest BCUT2D eigenvalue weighted by Gasteiger charge is -2.21. The van der Waals surface area contributed by atoms with E-state index in [0.29, 0.717) is 19.5 Å². The SMILES string of the molecule is CC(C)(C)NC(=O)NCC1CC(=O)N(c2ccccc2)C1. The Bertz CT molecular complexity index is 508. The molecule has 1 heterocycles. The standard InChI is InChI=1S/C16H23N3O2/c1-16(2,3)18-15(21)17-10-12-9-14(20)19(11-12)13-7-5-4-6-8-13/h4-8,12H,9-11H2,1-3H3,(H2,17,18,21). The van der Waals surface area contributed by atoms with Crippen LogP contribution in [0.25, 0.3) is 0 Å². The summed E-state index contributed by atoms with van der Waals surface area (Å²) in [7, 11) is 0. The van der Waals surface area contributed by atoms with Crippen LogP contribution in [0.5, 0.6) is 0 Å². The average Bonchev–Trinajstić information content (AvgIpc) is 2.77. The van der Waals surface area contributed by atoms with E-state index in [9.17, 15) is 9.59 Å². The Kier molecular flexibility index (Phi) is 4.50. The number of nitrogens with zero attached hydrogens (tertiary/aromatic N) is 1. The normalized spacial score (nSPS) is 18.7. The van der Waals surface area contributed by atoms with E-state index in [1.54, 1.807) is 4.90 Å². The summed E-state index contributed by atoms with van der Waals surface area (Å²) in [5.74, 6) is 0.271. The van der Waals surface area contributed by atoms with Gasteiger partial charge < -0.3 is 15.5 Å². The zero-order valence-corrected chi connectivity index (χ0v) is 12.8. The molecule has 0 saturated carbocycles. The average molecular weight is 289 g/mol. The van der Waals surface area contributed by atoms with Crippen molar-refractivity contribution in [3.05, 3.63) is 30.3 Å². The van der Waals surface area contributed by atoms with Crippen molar-refractivity contribution in [1.29, 1.82) is 0 Å². The van der Waals surface area contributed by atoms with Gasteiger partial charge >= 0.3 is 6.03 Å². The molecule has 21 heavy (non-hydrogen) atoms. The summed E-state index contributed by atoms with van der Waals surface area (Å²) in [4.78, 5) is 25.6. The maximum atomic E-state index is 12.1. The third kappa shape index (κ3) is 4.48. The Balaban J connectivity index is 1.85. The highest BCUT2D eigenvalue weighted by molar-refractivity contribution is 5.95. The van der Waals surface area contributed by atoms with E-state index >= 15 is 0 Å². The summed E-state index contributed by atoms with van der Waals surface area (Å²) in [6.07, 6.45) is 0.477. The third-order valence-corrected chi connectivity index (χ3v) is 3.31. The van der Waals surface area contributed by atoms with Crippen LogP contribution >= 0.6 is 0 Å². The molecule has 1 aliphatic rings. The van der Waals surface area contributed by atoms with E-state index < -0.39 is 0 Å². The van der Waals surface area contributed by atoms with E-state index in [1.807, 2.05) is 51.1 Å². The van der Waals surface area contributed by atoms with Crippen LogP contribution in [0.2, 0.25) is 0 Å². The van der Waals surface area contributed by atoms with Crippen LogP contribution in [0.1, 0.15) is 27.2 Å². The Hall–Kier alpha value is -2.04. The highest BCUT2D eigenvalue weighted by atomic mass is 16.2. The molecule has 1 saturated heterocycles. The summed E-state index contributed by atoms with van der Waals surface area (Å²) in [5.41, 5.74) is 0.662. The lowest BCUT2D eigenvalue weighted by atomic mass is 10.1. The fourth-order valence-corrected chi connectivity index (χ4v) is 2.40. The Morgan fingerprint density at radius 3 is 2.57 bits per heavy atom. The number of amides is 3. The minimum Gasteiger partial charge on any atom is -0.338 e. The van der Waals surface area contributed by atoms with Gasteiger partial charge in [-0.05, 0) is 32.9 Å². The van der Waals surface area contributed by atoms with Crippen molar-refractivity contribution in [3.63, 3.8) is 0 Å². The van der Waals surface area contributed by atoms with Crippen molar-refractivity contribution in [3.8, 4) is 0 Å². The number of rotatable bonds is 3. The first-order chi connectivity index (χ1) is 9.85. The van der Waals surface area contributed by atoms with Crippen molar-refractivity contribution in [2.75, 3.05) is 18.0 Å². The van der Waals surface area contributed by atoms with Gasteiger partial charge in [0.05, 0.1) is 0 Å². The van der Waals surface area contributed by atoms with Gasteiger partial charge in [0, 0.05) is 36.7 Å². The molecule has 1 unspecified atom stereocenters. The molecular weight excluding hydrogens is 266 g/mol. The van der Waals surface area contributed by atoms with E-state index in [1.165, 1.54) is 0 Å². The first-order valence-electron chi connectivity index (χ1n) is 7.26. The number of carbonyl (C=O) groups is 2. The first-order valence-corrected chi connectivity index (χ1v) is 7.26. The number of benzene rings is 1. The Morgan fingerprint density at radius 2 is 1.95 bits per heavy atom.